The Kier molecular flexibility index (Phi) is 8.52. The number of ketones is 1. The standard InChI is InChI=1S/C25H42O4Si/c1-13-25(10,28-19(4)27-14-2)16-15-20-18(3)22(26)21(17-24(20,8)9)29-30(11,12)23(5,6)7/h13,19,21H,1,14,17H2,2-12H3/t19?,21-,25?/m0/s1. The molecule has 2 unspecified atom stereocenters. The van der Waals surface area contributed by atoms with E-state index in [9.17, 15) is 4.79 Å². The molecule has 0 aromatic rings. The summed E-state index contributed by atoms with van der Waals surface area (Å²) >= 11 is 0. The van der Waals surface area contributed by atoms with Gasteiger partial charge in [0.2, 0.25) is 0 Å². The van der Waals surface area contributed by atoms with Crippen molar-refractivity contribution in [3.05, 3.63) is 23.8 Å². The molecule has 0 fully saturated rings. The summed E-state index contributed by atoms with van der Waals surface area (Å²) in [5, 5.41) is 0.0511. The molecule has 1 rings (SSSR count). The summed E-state index contributed by atoms with van der Waals surface area (Å²) in [6.45, 7) is 27.1. The molecule has 170 valence electrons. The maximum atomic E-state index is 13.2. The van der Waals surface area contributed by atoms with Crippen LogP contribution < -0.4 is 0 Å². The zero-order valence-corrected chi connectivity index (χ0v) is 22.0. The predicted molar refractivity (Wildman–Crippen MR) is 127 cm³/mol. The highest BCUT2D eigenvalue weighted by molar-refractivity contribution is 6.74. The van der Waals surface area contributed by atoms with Gasteiger partial charge in [0.1, 0.15) is 11.7 Å². The van der Waals surface area contributed by atoms with E-state index in [0.717, 1.165) is 5.57 Å². The average Bonchev–Trinajstić information content (AvgIpc) is 2.57. The maximum Gasteiger partial charge on any atom is 0.193 e. The van der Waals surface area contributed by atoms with Crippen LogP contribution in [0, 0.1) is 17.3 Å². The molecule has 0 spiro atoms. The van der Waals surface area contributed by atoms with Gasteiger partial charge in [-0.15, -0.1) is 0 Å². The minimum atomic E-state index is -2.06. The summed E-state index contributed by atoms with van der Waals surface area (Å²) < 4.78 is 17.9. The van der Waals surface area contributed by atoms with E-state index in [1.807, 2.05) is 27.7 Å². The summed E-state index contributed by atoms with van der Waals surface area (Å²) in [6, 6.07) is 0. The van der Waals surface area contributed by atoms with E-state index in [1.165, 1.54) is 0 Å². The topological polar surface area (TPSA) is 44.8 Å². The molecule has 5 heteroatoms. The van der Waals surface area contributed by atoms with Crippen molar-refractivity contribution in [1.29, 1.82) is 0 Å². The fourth-order valence-electron chi connectivity index (χ4n) is 3.35. The molecule has 30 heavy (non-hydrogen) atoms. The zero-order chi connectivity index (χ0) is 23.5. The Morgan fingerprint density at radius 2 is 1.87 bits per heavy atom. The van der Waals surface area contributed by atoms with Gasteiger partial charge in [-0.25, -0.2) is 0 Å². The predicted octanol–water partition coefficient (Wildman–Crippen LogP) is 6.04. The third-order valence-electron chi connectivity index (χ3n) is 6.29. The molecule has 0 amide bonds. The molecule has 0 aromatic heterocycles. The molecule has 1 aliphatic rings. The second-order valence-electron chi connectivity index (χ2n) is 10.5. The van der Waals surface area contributed by atoms with E-state index in [4.69, 9.17) is 13.9 Å². The van der Waals surface area contributed by atoms with Gasteiger partial charge >= 0.3 is 0 Å². The molecule has 0 aliphatic heterocycles. The molecule has 0 radical (unpaired) electrons. The van der Waals surface area contributed by atoms with Crippen LogP contribution in [-0.4, -0.2) is 38.7 Å². The summed E-state index contributed by atoms with van der Waals surface area (Å²) in [7, 11) is -2.06. The van der Waals surface area contributed by atoms with Gasteiger partial charge in [0.15, 0.2) is 20.4 Å². The van der Waals surface area contributed by atoms with E-state index < -0.39 is 26.3 Å². The minimum absolute atomic E-state index is 0.0485. The Labute approximate surface area is 185 Å². The number of Topliss-reactive ketones (excluding diaryl/α,β-unsaturated/α-hetero) is 1. The number of carbonyl (C=O) groups excluding carboxylic acids is 1. The summed E-state index contributed by atoms with van der Waals surface area (Å²) in [6.07, 6.45) is 1.49. The molecular weight excluding hydrogens is 392 g/mol. The number of ether oxygens (including phenoxy) is 2. The van der Waals surface area contributed by atoms with Crippen LogP contribution in [0.3, 0.4) is 0 Å². The first-order valence-electron chi connectivity index (χ1n) is 10.9. The first-order chi connectivity index (χ1) is 13.5. The monoisotopic (exact) mass is 434 g/mol. The van der Waals surface area contributed by atoms with Gasteiger partial charge in [-0.2, -0.15) is 0 Å². The highest BCUT2D eigenvalue weighted by Crippen LogP contribution is 2.43. The van der Waals surface area contributed by atoms with Crippen molar-refractivity contribution in [2.75, 3.05) is 6.61 Å². The summed E-state index contributed by atoms with van der Waals surface area (Å²) in [5.74, 6) is 6.49. The normalized spacial score (nSPS) is 22.8. The Balaban J connectivity index is 3.25. The fraction of sp³-hybridized carbons (Fsp3) is 0.720. The second kappa shape index (κ2) is 9.52. The molecule has 0 aromatic carbocycles. The van der Waals surface area contributed by atoms with Gasteiger partial charge in [-0.1, -0.05) is 53.0 Å². The smallest absolute Gasteiger partial charge is 0.193 e. The van der Waals surface area contributed by atoms with Crippen LogP contribution in [0.25, 0.3) is 0 Å². The number of hydrogen-bond donors (Lipinski definition) is 0. The van der Waals surface area contributed by atoms with Crippen molar-refractivity contribution < 1.29 is 18.7 Å². The molecular formula is C25H42O4Si. The Morgan fingerprint density at radius 1 is 1.30 bits per heavy atom. The zero-order valence-electron chi connectivity index (χ0n) is 21.0. The maximum absolute atomic E-state index is 13.2. The van der Waals surface area contributed by atoms with Crippen molar-refractivity contribution in [3.63, 3.8) is 0 Å². The van der Waals surface area contributed by atoms with Crippen LogP contribution in [-0.2, 0) is 18.7 Å². The first kappa shape index (κ1) is 26.8. The quantitative estimate of drug-likeness (QED) is 0.212. The first-order valence-corrected chi connectivity index (χ1v) is 13.8. The second-order valence-corrected chi connectivity index (χ2v) is 15.3. The van der Waals surface area contributed by atoms with Gasteiger partial charge in [0, 0.05) is 23.2 Å². The lowest BCUT2D eigenvalue weighted by atomic mass is 9.71. The Morgan fingerprint density at radius 3 is 2.33 bits per heavy atom. The number of carbonyl (C=O) groups is 1. The lowest BCUT2D eigenvalue weighted by Gasteiger charge is -2.43. The van der Waals surface area contributed by atoms with E-state index in [1.54, 1.807) is 6.08 Å². The minimum Gasteiger partial charge on any atom is -0.407 e. The Hall–Kier alpha value is -1.19. The fourth-order valence-corrected chi connectivity index (χ4v) is 4.60. The number of allylic oxidation sites excluding steroid dienone is 1. The van der Waals surface area contributed by atoms with E-state index in [-0.39, 0.29) is 16.2 Å². The number of rotatable bonds is 7. The SMILES string of the molecule is C=CC(C)(C#CC1=C(C)C(=O)[C@@H](O[Si](C)(C)C(C)(C)C)CC1(C)C)OC(C)OCC. The van der Waals surface area contributed by atoms with Crippen LogP contribution in [0.2, 0.25) is 18.1 Å². The molecule has 0 bridgehead atoms. The van der Waals surface area contributed by atoms with Gasteiger partial charge in [-0.3, -0.25) is 4.79 Å². The lowest BCUT2D eigenvalue weighted by Crippen LogP contribution is -2.49. The largest absolute Gasteiger partial charge is 0.407 e. The van der Waals surface area contributed by atoms with Crippen LogP contribution >= 0.6 is 0 Å². The Bertz CT molecular complexity index is 745. The van der Waals surface area contributed by atoms with Crippen LogP contribution in [0.1, 0.15) is 68.7 Å². The molecule has 1 aliphatic carbocycles. The van der Waals surface area contributed by atoms with Gasteiger partial charge in [0.25, 0.3) is 0 Å². The summed E-state index contributed by atoms with van der Waals surface area (Å²) in [4.78, 5) is 13.2. The molecule has 0 saturated heterocycles. The van der Waals surface area contributed by atoms with Crippen LogP contribution in [0.15, 0.2) is 23.8 Å². The molecule has 0 saturated carbocycles. The highest BCUT2D eigenvalue weighted by Gasteiger charge is 2.45. The van der Waals surface area contributed by atoms with E-state index >= 15 is 0 Å². The lowest BCUT2D eigenvalue weighted by molar-refractivity contribution is -0.161. The van der Waals surface area contributed by atoms with E-state index in [2.05, 4.69) is 66.1 Å². The average molecular weight is 435 g/mol. The third-order valence-corrected chi connectivity index (χ3v) is 10.8. The van der Waals surface area contributed by atoms with Crippen molar-refractivity contribution in [1.82, 2.24) is 0 Å². The van der Waals surface area contributed by atoms with Gasteiger partial charge in [0.05, 0.1) is 0 Å². The molecule has 4 nitrogen and oxygen atoms in total. The molecule has 0 heterocycles. The third kappa shape index (κ3) is 6.40. The van der Waals surface area contributed by atoms with Gasteiger partial charge < -0.3 is 13.9 Å². The van der Waals surface area contributed by atoms with Crippen molar-refractivity contribution in [2.45, 2.75) is 105 Å². The van der Waals surface area contributed by atoms with Crippen LogP contribution in [0.5, 0.6) is 0 Å². The highest BCUT2D eigenvalue weighted by atomic mass is 28.4. The van der Waals surface area contributed by atoms with Gasteiger partial charge in [-0.05, 0) is 58.3 Å². The van der Waals surface area contributed by atoms with Crippen molar-refractivity contribution in [3.8, 4) is 11.8 Å². The number of hydrogen-bond acceptors (Lipinski definition) is 4. The van der Waals surface area contributed by atoms with E-state index in [0.29, 0.717) is 18.6 Å². The molecule has 3 atom stereocenters. The van der Waals surface area contributed by atoms with Crippen molar-refractivity contribution >= 4 is 14.1 Å². The molecule has 0 N–H and O–H groups in total. The summed E-state index contributed by atoms with van der Waals surface area (Å²) in [5.41, 5.74) is 0.399. The van der Waals surface area contributed by atoms with Crippen molar-refractivity contribution in [2.24, 2.45) is 5.41 Å². The van der Waals surface area contributed by atoms with Crippen LogP contribution in [0.4, 0.5) is 0 Å².